The molecule has 0 bridgehead atoms. The molecule has 0 fully saturated rings. The van der Waals surface area contributed by atoms with E-state index in [1.54, 1.807) is 24.9 Å². The predicted octanol–water partition coefficient (Wildman–Crippen LogP) is 4.56. The number of ether oxygens (including phenoxy) is 2. The SMILES string of the molecule is CC[C@H](Oc1ccccc1OC)C(=O)NCCSCc1cccc(Cl)c1. The van der Waals surface area contributed by atoms with Crippen molar-refractivity contribution in [3.8, 4) is 11.5 Å². The molecule has 1 N–H and O–H groups in total. The van der Waals surface area contributed by atoms with Crippen LogP contribution in [0.2, 0.25) is 5.02 Å². The van der Waals surface area contributed by atoms with Crippen molar-refractivity contribution >= 4 is 29.3 Å². The molecule has 1 amide bonds. The first-order chi connectivity index (χ1) is 12.6. The number of carbonyl (C=O) groups excluding carboxylic acids is 1. The van der Waals surface area contributed by atoms with E-state index in [-0.39, 0.29) is 5.91 Å². The van der Waals surface area contributed by atoms with Gasteiger partial charge in [-0.1, -0.05) is 42.8 Å². The normalized spacial score (nSPS) is 11.7. The van der Waals surface area contributed by atoms with Gasteiger partial charge in [0.1, 0.15) is 0 Å². The van der Waals surface area contributed by atoms with Crippen molar-refractivity contribution in [3.63, 3.8) is 0 Å². The van der Waals surface area contributed by atoms with Crippen LogP contribution in [0.1, 0.15) is 18.9 Å². The Hall–Kier alpha value is -1.85. The maximum Gasteiger partial charge on any atom is 0.261 e. The van der Waals surface area contributed by atoms with Crippen molar-refractivity contribution < 1.29 is 14.3 Å². The number of hydrogen-bond acceptors (Lipinski definition) is 4. The Labute approximate surface area is 164 Å². The summed E-state index contributed by atoms with van der Waals surface area (Å²) in [5, 5.41) is 3.68. The van der Waals surface area contributed by atoms with E-state index in [1.165, 1.54) is 5.56 Å². The van der Waals surface area contributed by atoms with E-state index in [1.807, 2.05) is 49.4 Å². The number of hydrogen-bond donors (Lipinski definition) is 1. The fraction of sp³-hybridized carbons (Fsp3) is 0.350. The first kappa shape index (κ1) is 20.5. The summed E-state index contributed by atoms with van der Waals surface area (Å²) in [6, 6.07) is 15.2. The van der Waals surface area contributed by atoms with Crippen LogP contribution < -0.4 is 14.8 Å². The van der Waals surface area contributed by atoms with E-state index in [0.717, 1.165) is 16.5 Å². The Bertz CT molecular complexity index is 711. The van der Waals surface area contributed by atoms with Gasteiger partial charge in [-0.3, -0.25) is 4.79 Å². The Morgan fingerprint density at radius 3 is 2.65 bits per heavy atom. The number of para-hydroxylation sites is 2. The number of benzene rings is 2. The first-order valence-corrected chi connectivity index (χ1v) is 10.1. The van der Waals surface area contributed by atoms with E-state index >= 15 is 0 Å². The number of methoxy groups -OCH3 is 1. The molecule has 1 atom stereocenters. The molecule has 26 heavy (non-hydrogen) atoms. The summed E-state index contributed by atoms with van der Waals surface area (Å²) < 4.78 is 11.1. The highest BCUT2D eigenvalue weighted by Gasteiger charge is 2.19. The van der Waals surface area contributed by atoms with Crippen LogP contribution in [0.15, 0.2) is 48.5 Å². The Morgan fingerprint density at radius 1 is 1.19 bits per heavy atom. The van der Waals surface area contributed by atoms with Gasteiger partial charge < -0.3 is 14.8 Å². The van der Waals surface area contributed by atoms with Gasteiger partial charge in [0.15, 0.2) is 17.6 Å². The van der Waals surface area contributed by atoms with Crippen LogP contribution in [0.4, 0.5) is 0 Å². The van der Waals surface area contributed by atoms with Crippen molar-refractivity contribution in [1.29, 1.82) is 0 Å². The van der Waals surface area contributed by atoms with E-state index in [0.29, 0.717) is 24.5 Å². The van der Waals surface area contributed by atoms with Gasteiger partial charge in [-0.25, -0.2) is 0 Å². The zero-order chi connectivity index (χ0) is 18.8. The molecule has 140 valence electrons. The van der Waals surface area contributed by atoms with Gasteiger partial charge in [0.25, 0.3) is 5.91 Å². The molecule has 0 saturated carbocycles. The molecule has 0 aliphatic rings. The molecule has 0 spiro atoms. The quantitative estimate of drug-likeness (QED) is 0.601. The smallest absolute Gasteiger partial charge is 0.261 e. The second-order valence-corrected chi connectivity index (χ2v) is 7.18. The van der Waals surface area contributed by atoms with Gasteiger partial charge >= 0.3 is 0 Å². The third-order valence-corrected chi connectivity index (χ3v) is 4.97. The maximum atomic E-state index is 12.4. The maximum absolute atomic E-state index is 12.4. The predicted molar refractivity (Wildman–Crippen MR) is 108 cm³/mol. The van der Waals surface area contributed by atoms with E-state index < -0.39 is 6.10 Å². The summed E-state index contributed by atoms with van der Waals surface area (Å²) in [6.07, 6.45) is 0.0451. The molecule has 2 rings (SSSR count). The van der Waals surface area contributed by atoms with E-state index in [9.17, 15) is 4.79 Å². The van der Waals surface area contributed by atoms with Gasteiger partial charge in [0.05, 0.1) is 7.11 Å². The van der Waals surface area contributed by atoms with Crippen molar-refractivity contribution in [2.24, 2.45) is 0 Å². The zero-order valence-corrected chi connectivity index (χ0v) is 16.6. The third-order valence-electron chi connectivity index (χ3n) is 3.70. The number of thioether (sulfide) groups is 1. The number of rotatable bonds is 10. The highest BCUT2D eigenvalue weighted by atomic mass is 35.5. The monoisotopic (exact) mass is 393 g/mol. The van der Waals surface area contributed by atoms with E-state index in [2.05, 4.69) is 5.32 Å². The molecule has 0 aliphatic heterocycles. The Balaban J connectivity index is 1.74. The molecule has 2 aromatic carbocycles. The van der Waals surface area contributed by atoms with Gasteiger partial charge in [-0.05, 0) is 36.2 Å². The van der Waals surface area contributed by atoms with Crippen LogP contribution in [-0.4, -0.2) is 31.4 Å². The molecule has 4 nitrogen and oxygen atoms in total. The molecule has 0 aliphatic carbocycles. The summed E-state index contributed by atoms with van der Waals surface area (Å²) in [6.45, 7) is 2.52. The van der Waals surface area contributed by atoms with Gasteiger partial charge in [0.2, 0.25) is 0 Å². The van der Waals surface area contributed by atoms with Crippen molar-refractivity contribution in [3.05, 3.63) is 59.1 Å². The van der Waals surface area contributed by atoms with Crippen molar-refractivity contribution in [2.45, 2.75) is 25.2 Å². The fourth-order valence-corrected chi connectivity index (χ4v) is 3.39. The average Bonchev–Trinajstić information content (AvgIpc) is 2.66. The summed E-state index contributed by atoms with van der Waals surface area (Å²) >= 11 is 7.73. The van der Waals surface area contributed by atoms with Gasteiger partial charge in [-0.2, -0.15) is 11.8 Å². The molecule has 2 aromatic rings. The lowest BCUT2D eigenvalue weighted by Crippen LogP contribution is -2.39. The summed E-state index contributed by atoms with van der Waals surface area (Å²) in [5.41, 5.74) is 1.18. The number of amides is 1. The first-order valence-electron chi connectivity index (χ1n) is 8.53. The largest absolute Gasteiger partial charge is 0.493 e. The Kier molecular flexibility index (Phi) is 8.65. The standard InChI is InChI=1S/C20H24ClNO3S/c1-3-17(25-19-10-5-4-9-18(19)24-2)20(23)22-11-12-26-14-15-7-6-8-16(21)13-15/h4-10,13,17H,3,11-12,14H2,1-2H3,(H,22,23)/t17-/m0/s1. The summed E-state index contributed by atoms with van der Waals surface area (Å²) in [7, 11) is 1.58. The van der Waals surface area contributed by atoms with Crippen LogP contribution in [0.25, 0.3) is 0 Å². The second-order valence-electron chi connectivity index (χ2n) is 5.64. The summed E-state index contributed by atoms with van der Waals surface area (Å²) in [4.78, 5) is 12.4. The van der Waals surface area contributed by atoms with Gasteiger partial charge in [0, 0.05) is 23.1 Å². The molecule has 0 unspecified atom stereocenters. The molecule has 0 aromatic heterocycles. The Morgan fingerprint density at radius 2 is 1.96 bits per heavy atom. The van der Waals surface area contributed by atoms with Crippen LogP contribution >= 0.6 is 23.4 Å². The molecule has 6 heteroatoms. The van der Waals surface area contributed by atoms with Crippen molar-refractivity contribution in [2.75, 3.05) is 19.4 Å². The molecule has 0 radical (unpaired) electrons. The second kappa shape index (κ2) is 11.0. The molecular weight excluding hydrogens is 370 g/mol. The average molecular weight is 394 g/mol. The minimum atomic E-state index is -0.538. The van der Waals surface area contributed by atoms with Crippen LogP contribution in [-0.2, 0) is 10.5 Å². The van der Waals surface area contributed by atoms with Crippen LogP contribution in [0, 0.1) is 0 Å². The van der Waals surface area contributed by atoms with Crippen LogP contribution in [0.5, 0.6) is 11.5 Å². The lowest BCUT2D eigenvalue weighted by atomic mass is 10.2. The topological polar surface area (TPSA) is 47.6 Å². The van der Waals surface area contributed by atoms with E-state index in [4.69, 9.17) is 21.1 Å². The minimum absolute atomic E-state index is 0.109. The molecular formula is C20H24ClNO3S. The lowest BCUT2D eigenvalue weighted by Gasteiger charge is -2.18. The lowest BCUT2D eigenvalue weighted by molar-refractivity contribution is -0.128. The summed E-state index contributed by atoms with van der Waals surface area (Å²) in [5.74, 6) is 2.78. The number of carbonyl (C=O) groups is 1. The van der Waals surface area contributed by atoms with Crippen LogP contribution in [0.3, 0.4) is 0 Å². The number of halogens is 1. The zero-order valence-electron chi connectivity index (χ0n) is 15.0. The van der Waals surface area contributed by atoms with Gasteiger partial charge in [-0.15, -0.1) is 0 Å². The highest BCUT2D eigenvalue weighted by Crippen LogP contribution is 2.27. The number of nitrogens with one attached hydrogen (secondary N) is 1. The minimum Gasteiger partial charge on any atom is -0.493 e. The van der Waals surface area contributed by atoms with Crippen molar-refractivity contribution in [1.82, 2.24) is 5.32 Å². The third kappa shape index (κ3) is 6.46. The molecule has 0 saturated heterocycles. The fourth-order valence-electron chi connectivity index (χ4n) is 2.37. The highest BCUT2D eigenvalue weighted by molar-refractivity contribution is 7.98. The molecule has 0 heterocycles.